The summed E-state index contributed by atoms with van der Waals surface area (Å²) in [6, 6.07) is 6.66. The Kier molecular flexibility index (Phi) is 4.51. The van der Waals surface area contributed by atoms with Crippen molar-refractivity contribution < 1.29 is 24.2 Å². The van der Waals surface area contributed by atoms with E-state index in [-0.39, 0.29) is 6.42 Å². The summed E-state index contributed by atoms with van der Waals surface area (Å²) in [7, 11) is 2.77. The van der Waals surface area contributed by atoms with Crippen molar-refractivity contribution in [3.63, 3.8) is 0 Å². The molecule has 0 aliphatic carbocycles. The van der Waals surface area contributed by atoms with Crippen LogP contribution in [0.25, 0.3) is 0 Å². The topological polar surface area (TPSA) is 72.8 Å². The van der Waals surface area contributed by atoms with Gasteiger partial charge in [0, 0.05) is 0 Å². The molecule has 0 aliphatic rings. The fourth-order valence-corrected chi connectivity index (χ4v) is 1.49. The number of benzene rings is 1. The average molecular weight is 238 g/mol. The Balaban J connectivity index is 2.95. The first-order valence-electron chi connectivity index (χ1n) is 5.02. The highest BCUT2D eigenvalue weighted by Gasteiger charge is 2.24. The highest BCUT2D eigenvalue weighted by Crippen LogP contribution is 2.23. The van der Waals surface area contributed by atoms with E-state index in [4.69, 9.17) is 9.84 Å². The number of hydrogen-bond donors (Lipinski definition) is 1. The van der Waals surface area contributed by atoms with Gasteiger partial charge < -0.3 is 14.6 Å². The number of rotatable bonds is 5. The molecule has 0 saturated carbocycles. The summed E-state index contributed by atoms with van der Waals surface area (Å²) in [5.74, 6) is -1.75. The van der Waals surface area contributed by atoms with Crippen LogP contribution in [-0.4, -0.2) is 31.3 Å². The predicted octanol–water partition coefficient (Wildman–Crippen LogP) is 1.43. The highest BCUT2D eigenvalue weighted by atomic mass is 16.5. The minimum absolute atomic E-state index is 0.293. The van der Waals surface area contributed by atoms with Crippen molar-refractivity contribution in [2.45, 2.75) is 12.3 Å². The maximum atomic E-state index is 11.5. The molecule has 0 amide bonds. The lowest BCUT2D eigenvalue weighted by atomic mass is 9.96. The third kappa shape index (κ3) is 3.48. The predicted molar refractivity (Wildman–Crippen MR) is 60.0 cm³/mol. The molecule has 17 heavy (non-hydrogen) atoms. The molecule has 1 N–H and O–H groups in total. The zero-order chi connectivity index (χ0) is 12.8. The Morgan fingerprint density at radius 2 is 1.82 bits per heavy atom. The number of methoxy groups -OCH3 is 2. The van der Waals surface area contributed by atoms with Gasteiger partial charge in [0.25, 0.3) is 0 Å². The molecule has 1 atom stereocenters. The molecule has 0 fully saturated rings. The quantitative estimate of drug-likeness (QED) is 0.785. The number of hydrogen-bond acceptors (Lipinski definition) is 4. The van der Waals surface area contributed by atoms with Crippen molar-refractivity contribution >= 4 is 11.9 Å². The molecule has 0 heterocycles. The number of carbonyl (C=O) groups excluding carboxylic acids is 1. The summed E-state index contributed by atoms with van der Waals surface area (Å²) in [4.78, 5) is 22.2. The monoisotopic (exact) mass is 238 g/mol. The molecule has 0 bridgehead atoms. The van der Waals surface area contributed by atoms with Crippen molar-refractivity contribution in [2.75, 3.05) is 14.2 Å². The van der Waals surface area contributed by atoms with E-state index < -0.39 is 17.9 Å². The summed E-state index contributed by atoms with van der Waals surface area (Å²) < 4.78 is 9.58. The van der Waals surface area contributed by atoms with Crippen LogP contribution in [0.3, 0.4) is 0 Å². The van der Waals surface area contributed by atoms with E-state index in [2.05, 4.69) is 4.74 Å². The second-order valence-electron chi connectivity index (χ2n) is 3.45. The molecule has 0 spiro atoms. The van der Waals surface area contributed by atoms with Gasteiger partial charge in [-0.25, -0.2) is 0 Å². The molecular formula is C12H14O5. The minimum atomic E-state index is -1.05. The van der Waals surface area contributed by atoms with E-state index in [0.29, 0.717) is 11.3 Å². The van der Waals surface area contributed by atoms with Crippen LogP contribution >= 0.6 is 0 Å². The highest BCUT2D eigenvalue weighted by molar-refractivity contribution is 5.83. The van der Waals surface area contributed by atoms with Crippen LogP contribution < -0.4 is 4.74 Å². The molecule has 0 radical (unpaired) electrons. The van der Waals surface area contributed by atoms with Crippen molar-refractivity contribution in [1.82, 2.24) is 0 Å². The Morgan fingerprint density at radius 3 is 2.24 bits per heavy atom. The maximum absolute atomic E-state index is 11.5. The zero-order valence-corrected chi connectivity index (χ0v) is 9.67. The van der Waals surface area contributed by atoms with E-state index >= 15 is 0 Å². The second kappa shape index (κ2) is 5.89. The molecule has 0 saturated heterocycles. The average Bonchev–Trinajstić information content (AvgIpc) is 2.35. The largest absolute Gasteiger partial charge is 0.497 e. The molecule has 1 aromatic rings. The van der Waals surface area contributed by atoms with Crippen LogP contribution in [-0.2, 0) is 14.3 Å². The van der Waals surface area contributed by atoms with E-state index in [1.807, 2.05) is 0 Å². The van der Waals surface area contributed by atoms with Gasteiger partial charge in [-0.15, -0.1) is 0 Å². The van der Waals surface area contributed by atoms with Crippen LogP contribution in [0.5, 0.6) is 5.75 Å². The smallest absolute Gasteiger partial charge is 0.313 e. The van der Waals surface area contributed by atoms with Gasteiger partial charge >= 0.3 is 11.9 Å². The SMILES string of the molecule is COC(=O)C(CC(=O)O)c1ccc(OC)cc1. The summed E-state index contributed by atoms with van der Waals surface area (Å²) in [6.45, 7) is 0. The summed E-state index contributed by atoms with van der Waals surface area (Å²) in [5.41, 5.74) is 0.597. The van der Waals surface area contributed by atoms with Gasteiger partial charge in [-0.1, -0.05) is 12.1 Å². The molecule has 1 aromatic carbocycles. The van der Waals surface area contributed by atoms with E-state index in [1.165, 1.54) is 14.2 Å². The van der Waals surface area contributed by atoms with Gasteiger partial charge in [-0.3, -0.25) is 9.59 Å². The first-order chi connectivity index (χ1) is 8.08. The molecule has 5 heteroatoms. The van der Waals surface area contributed by atoms with E-state index in [0.717, 1.165) is 0 Å². The Bertz CT molecular complexity index is 396. The van der Waals surface area contributed by atoms with Crippen molar-refractivity contribution in [2.24, 2.45) is 0 Å². The molecule has 0 aliphatic heterocycles. The lowest BCUT2D eigenvalue weighted by molar-refractivity contribution is -0.147. The molecule has 5 nitrogen and oxygen atoms in total. The Labute approximate surface area is 99.0 Å². The van der Waals surface area contributed by atoms with Gasteiger partial charge in [-0.2, -0.15) is 0 Å². The van der Waals surface area contributed by atoms with Crippen LogP contribution in [0, 0.1) is 0 Å². The second-order valence-corrected chi connectivity index (χ2v) is 3.45. The number of aliphatic carboxylic acids is 1. The fraction of sp³-hybridized carbons (Fsp3) is 0.333. The molecule has 92 valence electrons. The van der Waals surface area contributed by atoms with Crippen molar-refractivity contribution in [3.8, 4) is 5.75 Å². The first-order valence-corrected chi connectivity index (χ1v) is 5.02. The van der Waals surface area contributed by atoms with E-state index in [1.54, 1.807) is 24.3 Å². The van der Waals surface area contributed by atoms with Gasteiger partial charge in [0.2, 0.25) is 0 Å². The minimum Gasteiger partial charge on any atom is -0.497 e. The zero-order valence-electron chi connectivity index (χ0n) is 9.67. The van der Waals surface area contributed by atoms with Crippen molar-refractivity contribution in [3.05, 3.63) is 29.8 Å². The first kappa shape index (κ1) is 13.0. The molecule has 1 rings (SSSR count). The maximum Gasteiger partial charge on any atom is 0.313 e. The van der Waals surface area contributed by atoms with Crippen LogP contribution in [0.2, 0.25) is 0 Å². The molecular weight excluding hydrogens is 224 g/mol. The number of carboxylic acids is 1. The molecule has 0 aromatic heterocycles. The van der Waals surface area contributed by atoms with Gasteiger partial charge in [0.15, 0.2) is 0 Å². The van der Waals surface area contributed by atoms with E-state index in [9.17, 15) is 9.59 Å². The standard InChI is InChI=1S/C12H14O5/c1-16-9-5-3-8(4-6-9)10(7-11(13)14)12(15)17-2/h3-6,10H,7H2,1-2H3,(H,13,14). The lowest BCUT2D eigenvalue weighted by Crippen LogP contribution is -2.17. The van der Waals surface area contributed by atoms with Crippen LogP contribution in [0.15, 0.2) is 24.3 Å². The summed E-state index contributed by atoms with van der Waals surface area (Å²) >= 11 is 0. The van der Waals surface area contributed by atoms with Crippen molar-refractivity contribution in [1.29, 1.82) is 0 Å². The fourth-order valence-electron chi connectivity index (χ4n) is 1.49. The number of carboxylic acid groups (broad SMARTS) is 1. The van der Waals surface area contributed by atoms with Gasteiger partial charge in [0.05, 0.1) is 26.6 Å². The summed E-state index contributed by atoms with van der Waals surface area (Å²) in [6.07, 6.45) is -0.293. The number of carbonyl (C=O) groups is 2. The van der Waals surface area contributed by atoms with Gasteiger partial charge in [0.1, 0.15) is 5.75 Å². The Morgan fingerprint density at radius 1 is 1.24 bits per heavy atom. The number of ether oxygens (including phenoxy) is 2. The third-order valence-corrected chi connectivity index (χ3v) is 2.38. The summed E-state index contributed by atoms with van der Waals surface area (Å²) in [5, 5.41) is 8.76. The normalized spacial score (nSPS) is 11.6. The number of esters is 1. The van der Waals surface area contributed by atoms with Crippen LogP contribution in [0.1, 0.15) is 17.9 Å². The third-order valence-electron chi connectivity index (χ3n) is 2.38. The lowest BCUT2D eigenvalue weighted by Gasteiger charge is -2.13. The Hall–Kier alpha value is -2.04. The van der Waals surface area contributed by atoms with Crippen LogP contribution in [0.4, 0.5) is 0 Å². The molecule has 1 unspecified atom stereocenters. The van der Waals surface area contributed by atoms with Gasteiger partial charge in [-0.05, 0) is 17.7 Å².